The SMILES string of the molecule is CC/C=C\C/C=C\C/C=C\CCCCCC(=O)OCC(COC1OC(C(=O)O)C(O)C(O)C1OC(=O)CCCCCCCCCCC/C=C\C/C=C\CCCCC)OC(=O)CCCCCCCCCCCCC. The molecule has 0 aromatic heterocycles. The Balaban J connectivity index is 2.67. The Bertz CT molecular complexity index is 1500. The number of allylic oxidation sites excluding steroid dienone is 10. The van der Waals surface area contributed by atoms with Gasteiger partial charge in [-0.15, -0.1) is 0 Å². The maximum atomic E-state index is 13.1. The second kappa shape index (κ2) is 49.3. The molecule has 0 radical (unpaired) electrons. The second-order valence-electron chi connectivity index (χ2n) is 19.9. The molecule has 1 heterocycles. The standard InChI is InChI=1S/C61H104O12/c1-4-7-10-13-16-19-22-24-25-26-27-28-29-31-34-37-40-43-46-49-55(64)72-59-57(66)56(65)58(60(67)68)73-61(59)70-51-52(71-54(63)48-45-42-39-36-32-21-18-15-12-9-6-3)50-69-53(62)47-44-41-38-35-33-30-23-20-17-14-11-8-5-2/h8,11,16-17,19-20,24-25,30,33,52,56-59,61,65-66H,4-7,9-10,12-15,18,21-23,26-29,31-32,34-51H2,1-3H3,(H,67,68)/b11-8-,19-16-,20-17-,25-24-,33-30-. The molecule has 0 saturated carbocycles. The van der Waals surface area contributed by atoms with Crippen LogP contribution in [0.25, 0.3) is 0 Å². The average molecular weight is 1030 g/mol. The van der Waals surface area contributed by atoms with E-state index in [9.17, 15) is 34.5 Å². The smallest absolute Gasteiger partial charge is 0.335 e. The van der Waals surface area contributed by atoms with E-state index >= 15 is 0 Å². The number of unbranched alkanes of at least 4 members (excludes halogenated alkanes) is 25. The van der Waals surface area contributed by atoms with Gasteiger partial charge in [-0.3, -0.25) is 14.4 Å². The lowest BCUT2D eigenvalue weighted by molar-refractivity contribution is -0.301. The number of carbonyl (C=O) groups excluding carboxylic acids is 3. The highest BCUT2D eigenvalue weighted by Crippen LogP contribution is 2.26. The summed E-state index contributed by atoms with van der Waals surface area (Å²) in [6, 6.07) is 0. The molecular weight excluding hydrogens is 925 g/mol. The third-order valence-corrected chi connectivity index (χ3v) is 13.1. The number of aliphatic hydroxyl groups is 2. The van der Waals surface area contributed by atoms with E-state index in [1.807, 2.05) is 0 Å². The Kier molecular flexibility index (Phi) is 45.5. The molecule has 0 aromatic rings. The summed E-state index contributed by atoms with van der Waals surface area (Å²) in [5, 5.41) is 31.5. The predicted molar refractivity (Wildman–Crippen MR) is 294 cm³/mol. The van der Waals surface area contributed by atoms with Crippen molar-refractivity contribution in [2.24, 2.45) is 0 Å². The van der Waals surface area contributed by atoms with Crippen molar-refractivity contribution in [1.29, 1.82) is 0 Å². The number of hydrogen-bond donors (Lipinski definition) is 3. The fourth-order valence-corrected chi connectivity index (χ4v) is 8.59. The summed E-state index contributed by atoms with van der Waals surface area (Å²) in [4.78, 5) is 51.0. The van der Waals surface area contributed by atoms with E-state index in [-0.39, 0.29) is 25.9 Å². The first-order valence-electron chi connectivity index (χ1n) is 29.3. The second-order valence-corrected chi connectivity index (χ2v) is 19.9. The van der Waals surface area contributed by atoms with Crippen LogP contribution in [-0.2, 0) is 42.9 Å². The molecule has 6 atom stereocenters. The number of rotatable bonds is 49. The van der Waals surface area contributed by atoms with Crippen molar-refractivity contribution in [3.63, 3.8) is 0 Å². The molecule has 1 fully saturated rings. The van der Waals surface area contributed by atoms with E-state index in [1.165, 1.54) is 96.3 Å². The van der Waals surface area contributed by atoms with Crippen molar-refractivity contribution in [2.75, 3.05) is 13.2 Å². The lowest BCUT2D eigenvalue weighted by atomic mass is 9.98. The molecule has 0 amide bonds. The van der Waals surface area contributed by atoms with Crippen molar-refractivity contribution in [2.45, 2.75) is 289 Å². The minimum atomic E-state index is -1.91. The molecule has 73 heavy (non-hydrogen) atoms. The molecule has 0 aromatic carbocycles. The van der Waals surface area contributed by atoms with Crippen LogP contribution < -0.4 is 0 Å². The van der Waals surface area contributed by atoms with Crippen LogP contribution in [0.4, 0.5) is 0 Å². The van der Waals surface area contributed by atoms with Crippen molar-refractivity contribution < 1.29 is 58.2 Å². The van der Waals surface area contributed by atoms with Gasteiger partial charge in [-0.2, -0.15) is 0 Å². The summed E-state index contributed by atoms with van der Waals surface area (Å²) in [5.41, 5.74) is 0. The molecule has 12 heteroatoms. The third kappa shape index (κ3) is 39.5. The van der Waals surface area contributed by atoms with E-state index in [0.29, 0.717) is 19.3 Å². The Morgan fingerprint density at radius 3 is 1.36 bits per heavy atom. The molecule has 3 N–H and O–H groups in total. The van der Waals surface area contributed by atoms with Crippen LogP contribution in [0.2, 0.25) is 0 Å². The number of aliphatic hydroxyl groups excluding tert-OH is 2. The van der Waals surface area contributed by atoms with E-state index in [1.54, 1.807) is 0 Å². The normalized spacial score (nSPS) is 18.7. The Morgan fingerprint density at radius 2 is 0.863 bits per heavy atom. The van der Waals surface area contributed by atoms with Gasteiger partial charge < -0.3 is 39.0 Å². The first-order chi connectivity index (χ1) is 35.6. The summed E-state index contributed by atoms with van der Waals surface area (Å²) < 4.78 is 28.4. The first kappa shape index (κ1) is 67.4. The van der Waals surface area contributed by atoms with Gasteiger partial charge in [-0.25, -0.2) is 4.79 Å². The van der Waals surface area contributed by atoms with Crippen molar-refractivity contribution in [3.8, 4) is 0 Å². The maximum absolute atomic E-state index is 13.1. The highest BCUT2D eigenvalue weighted by Gasteiger charge is 2.50. The summed E-state index contributed by atoms with van der Waals surface area (Å²) in [5.74, 6) is -3.15. The van der Waals surface area contributed by atoms with Crippen LogP contribution in [-0.4, -0.2) is 89.2 Å². The van der Waals surface area contributed by atoms with E-state index in [0.717, 1.165) is 96.3 Å². The molecule has 0 aliphatic carbocycles. The quantitative estimate of drug-likeness (QED) is 0.0228. The minimum Gasteiger partial charge on any atom is -0.479 e. The van der Waals surface area contributed by atoms with E-state index < -0.39 is 67.3 Å². The molecule has 1 aliphatic rings. The van der Waals surface area contributed by atoms with Gasteiger partial charge in [-0.1, -0.05) is 210 Å². The Morgan fingerprint density at radius 1 is 0.466 bits per heavy atom. The summed E-state index contributed by atoms with van der Waals surface area (Å²) in [7, 11) is 0. The zero-order valence-corrected chi connectivity index (χ0v) is 46.1. The highest BCUT2D eigenvalue weighted by atomic mass is 16.7. The van der Waals surface area contributed by atoms with E-state index in [2.05, 4.69) is 81.5 Å². The molecule has 6 unspecified atom stereocenters. The van der Waals surface area contributed by atoms with Gasteiger partial charge in [-0.05, 0) is 83.5 Å². The van der Waals surface area contributed by atoms with Crippen LogP contribution in [0.15, 0.2) is 60.8 Å². The fourth-order valence-electron chi connectivity index (χ4n) is 8.59. The van der Waals surface area contributed by atoms with Gasteiger partial charge in [0.15, 0.2) is 24.6 Å². The zero-order valence-electron chi connectivity index (χ0n) is 46.1. The van der Waals surface area contributed by atoms with Crippen LogP contribution in [0.3, 0.4) is 0 Å². The Labute approximate surface area is 443 Å². The van der Waals surface area contributed by atoms with Crippen molar-refractivity contribution >= 4 is 23.9 Å². The molecular formula is C61H104O12. The van der Waals surface area contributed by atoms with Crippen LogP contribution in [0, 0.1) is 0 Å². The molecule has 12 nitrogen and oxygen atoms in total. The van der Waals surface area contributed by atoms with Crippen LogP contribution in [0.1, 0.15) is 252 Å². The number of ether oxygens (including phenoxy) is 5. The minimum absolute atomic E-state index is 0.0531. The monoisotopic (exact) mass is 1030 g/mol. The van der Waals surface area contributed by atoms with Crippen molar-refractivity contribution in [1.82, 2.24) is 0 Å². The summed E-state index contributed by atoms with van der Waals surface area (Å²) in [6.07, 6.45) is 47.7. The van der Waals surface area contributed by atoms with Gasteiger partial charge in [0.2, 0.25) is 0 Å². The number of aliphatic carboxylic acids is 1. The van der Waals surface area contributed by atoms with Crippen LogP contribution >= 0.6 is 0 Å². The molecule has 1 rings (SSSR count). The fraction of sp³-hybridized carbons (Fsp3) is 0.770. The lowest BCUT2D eigenvalue weighted by Crippen LogP contribution is -2.61. The Hall–Kier alpha value is -3.58. The van der Waals surface area contributed by atoms with Gasteiger partial charge in [0, 0.05) is 19.3 Å². The number of hydrogen-bond acceptors (Lipinski definition) is 11. The summed E-state index contributed by atoms with van der Waals surface area (Å²) in [6.45, 7) is 5.82. The molecule has 1 saturated heterocycles. The molecule has 0 spiro atoms. The zero-order chi connectivity index (χ0) is 53.3. The topological polar surface area (TPSA) is 175 Å². The number of esters is 3. The molecule has 0 bridgehead atoms. The average Bonchev–Trinajstić information content (AvgIpc) is 3.37. The van der Waals surface area contributed by atoms with Gasteiger partial charge in [0.1, 0.15) is 18.8 Å². The van der Waals surface area contributed by atoms with Gasteiger partial charge >= 0.3 is 23.9 Å². The third-order valence-electron chi connectivity index (χ3n) is 13.1. The number of carboxylic acids is 1. The predicted octanol–water partition coefficient (Wildman–Crippen LogP) is 14.8. The number of carbonyl (C=O) groups is 4. The number of carboxylic acid groups (broad SMARTS) is 1. The highest BCUT2D eigenvalue weighted by molar-refractivity contribution is 5.74. The molecule has 420 valence electrons. The first-order valence-corrected chi connectivity index (χ1v) is 29.3. The van der Waals surface area contributed by atoms with Gasteiger partial charge in [0.05, 0.1) is 6.61 Å². The van der Waals surface area contributed by atoms with Crippen molar-refractivity contribution in [3.05, 3.63) is 60.8 Å². The largest absolute Gasteiger partial charge is 0.479 e. The van der Waals surface area contributed by atoms with Crippen LogP contribution in [0.5, 0.6) is 0 Å². The molecule has 1 aliphatic heterocycles. The maximum Gasteiger partial charge on any atom is 0.335 e. The lowest BCUT2D eigenvalue weighted by Gasteiger charge is -2.40. The van der Waals surface area contributed by atoms with E-state index in [4.69, 9.17) is 23.7 Å². The van der Waals surface area contributed by atoms with Gasteiger partial charge in [0.25, 0.3) is 0 Å². The summed E-state index contributed by atoms with van der Waals surface area (Å²) >= 11 is 0.